The van der Waals surface area contributed by atoms with Crippen LogP contribution < -0.4 is 0 Å². The van der Waals surface area contributed by atoms with Crippen LogP contribution in [0.2, 0.25) is 0 Å². The maximum Gasteiger partial charge on any atom is 0.302 e. The van der Waals surface area contributed by atoms with Crippen molar-refractivity contribution < 1.29 is 26.9 Å². The number of carbonyl (C=O) groups is 2. The van der Waals surface area contributed by atoms with Gasteiger partial charge in [0.2, 0.25) is 0 Å². The Labute approximate surface area is 138 Å². The minimum atomic E-state index is -3.56. The van der Waals surface area contributed by atoms with Crippen LogP contribution in [0, 0.1) is 16.7 Å². The lowest BCUT2D eigenvalue weighted by Gasteiger charge is -2.56. The molecule has 0 unspecified atom stereocenters. The average Bonchev–Trinajstić information content (AvgIpc) is 2.39. The minimum Gasteiger partial charge on any atom is -0.462 e. The van der Waals surface area contributed by atoms with Gasteiger partial charge in [-0.25, -0.2) is 0 Å². The zero-order valence-electron chi connectivity index (χ0n) is 14.3. The van der Waals surface area contributed by atoms with Gasteiger partial charge in [0.05, 0.1) is 12.9 Å². The van der Waals surface area contributed by atoms with Gasteiger partial charge in [-0.2, -0.15) is 8.42 Å². The van der Waals surface area contributed by atoms with Gasteiger partial charge < -0.3 is 4.74 Å². The number of ketones is 1. The van der Waals surface area contributed by atoms with Crippen molar-refractivity contribution >= 4 is 21.9 Å². The average molecular weight is 346 g/mol. The molecule has 2 aliphatic carbocycles. The summed E-state index contributed by atoms with van der Waals surface area (Å²) in [6.45, 7) is 5.50. The van der Waals surface area contributed by atoms with Crippen LogP contribution in [-0.4, -0.2) is 39.1 Å². The largest absolute Gasteiger partial charge is 0.462 e. The Morgan fingerprint density at radius 1 is 1.30 bits per heavy atom. The molecule has 6 nitrogen and oxygen atoms in total. The van der Waals surface area contributed by atoms with E-state index in [1.54, 1.807) is 0 Å². The van der Waals surface area contributed by atoms with E-state index in [9.17, 15) is 18.0 Å². The zero-order valence-corrected chi connectivity index (χ0v) is 15.1. The second-order valence-electron chi connectivity index (χ2n) is 7.59. The number of fused-ring (bicyclic) bond motifs is 1. The highest BCUT2D eigenvalue weighted by atomic mass is 32.2. The van der Waals surface area contributed by atoms with Gasteiger partial charge in [0.1, 0.15) is 11.9 Å². The molecule has 0 aromatic carbocycles. The Morgan fingerprint density at radius 3 is 2.52 bits per heavy atom. The molecule has 2 rings (SSSR count). The van der Waals surface area contributed by atoms with Gasteiger partial charge in [-0.1, -0.05) is 13.8 Å². The predicted octanol–water partition coefficient (Wildman–Crippen LogP) is 2.07. The summed E-state index contributed by atoms with van der Waals surface area (Å²) in [7, 11) is -3.56. The quantitative estimate of drug-likeness (QED) is 0.572. The maximum atomic E-state index is 12.0. The molecule has 0 bridgehead atoms. The Morgan fingerprint density at radius 2 is 1.96 bits per heavy atom. The highest BCUT2D eigenvalue weighted by Crippen LogP contribution is 2.58. The first-order valence-corrected chi connectivity index (χ1v) is 9.81. The molecule has 2 fully saturated rings. The van der Waals surface area contributed by atoms with Crippen LogP contribution in [0.15, 0.2) is 0 Å². The van der Waals surface area contributed by atoms with Gasteiger partial charge in [-0.05, 0) is 25.2 Å². The molecule has 23 heavy (non-hydrogen) atoms. The second kappa shape index (κ2) is 6.16. The van der Waals surface area contributed by atoms with Crippen molar-refractivity contribution in [2.24, 2.45) is 16.7 Å². The fourth-order valence-electron chi connectivity index (χ4n) is 4.51. The highest BCUT2D eigenvalue weighted by Gasteiger charge is 2.57. The Kier molecular flexibility index (Phi) is 4.93. The summed E-state index contributed by atoms with van der Waals surface area (Å²) < 4.78 is 33.4. The van der Waals surface area contributed by atoms with Crippen molar-refractivity contribution in [3.05, 3.63) is 0 Å². The third-order valence-corrected chi connectivity index (χ3v) is 6.05. The SMILES string of the molecule is CC(=O)O[C@H]1CC[C@]2(COS(C)(=O)=O)CC(=O)CC[C@@H]2C1(C)C. The fourth-order valence-corrected chi connectivity index (χ4v) is 4.96. The molecule has 2 aliphatic rings. The van der Waals surface area contributed by atoms with E-state index in [2.05, 4.69) is 0 Å². The van der Waals surface area contributed by atoms with Crippen LogP contribution in [0.5, 0.6) is 0 Å². The van der Waals surface area contributed by atoms with Crippen molar-refractivity contribution in [2.75, 3.05) is 12.9 Å². The lowest BCUT2D eigenvalue weighted by atomic mass is 9.50. The summed E-state index contributed by atoms with van der Waals surface area (Å²) in [6, 6.07) is 0. The number of rotatable bonds is 4. The van der Waals surface area contributed by atoms with Crippen molar-refractivity contribution in [1.82, 2.24) is 0 Å². The molecule has 0 amide bonds. The van der Waals surface area contributed by atoms with Gasteiger partial charge in [0, 0.05) is 30.6 Å². The van der Waals surface area contributed by atoms with Crippen molar-refractivity contribution in [3.8, 4) is 0 Å². The fraction of sp³-hybridized carbons (Fsp3) is 0.875. The van der Waals surface area contributed by atoms with Crippen molar-refractivity contribution in [3.63, 3.8) is 0 Å². The summed E-state index contributed by atoms with van der Waals surface area (Å²) >= 11 is 0. The van der Waals surface area contributed by atoms with E-state index < -0.39 is 15.5 Å². The third-order valence-electron chi connectivity index (χ3n) is 5.50. The molecule has 0 saturated heterocycles. The smallest absolute Gasteiger partial charge is 0.302 e. The number of carbonyl (C=O) groups excluding carboxylic acids is 2. The first-order valence-electron chi connectivity index (χ1n) is 8.00. The van der Waals surface area contributed by atoms with Crippen LogP contribution in [0.4, 0.5) is 0 Å². The number of ether oxygens (including phenoxy) is 1. The van der Waals surface area contributed by atoms with Gasteiger partial charge in [-0.15, -0.1) is 0 Å². The summed E-state index contributed by atoms with van der Waals surface area (Å²) in [5, 5.41) is 0. The summed E-state index contributed by atoms with van der Waals surface area (Å²) in [4.78, 5) is 23.4. The molecule has 0 aliphatic heterocycles. The number of Topliss-reactive ketones (excluding diaryl/α,β-unsaturated/α-hetero) is 1. The molecule has 7 heteroatoms. The van der Waals surface area contributed by atoms with Crippen LogP contribution in [0.1, 0.15) is 52.9 Å². The van der Waals surface area contributed by atoms with Crippen LogP contribution in [0.25, 0.3) is 0 Å². The first kappa shape index (κ1) is 18.4. The number of hydrogen-bond donors (Lipinski definition) is 0. The minimum absolute atomic E-state index is 0.0263. The molecular weight excluding hydrogens is 320 g/mol. The van der Waals surface area contributed by atoms with Gasteiger partial charge >= 0.3 is 5.97 Å². The molecule has 0 spiro atoms. The monoisotopic (exact) mass is 346 g/mol. The third kappa shape index (κ3) is 3.94. The Balaban J connectivity index is 2.30. The van der Waals surface area contributed by atoms with Crippen LogP contribution in [-0.2, 0) is 28.6 Å². The predicted molar refractivity (Wildman–Crippen MR) is 84.1 cm³/mol. The van der Waals surface area contributed by atoms with E-state index in [-0.39, 0.29) is 35.8 Å². The zero-order chi connectivity index (χ0) is 17.5. The second-order valence-corrected chi connectivity index (χ2v) is 9.24. The summed E-state index contributed by atoms with van der Waals surface area (Å²) in [6.07, 6.45) is 3.55. The number of hydrogen-bond acceptors (Lipinski definition) is 6. The molecule has 2 saturated carbocycles. The van der Waals surface area contributed by atoms with Crippen LogP contribution >= 0.6 is 0 Å². The molecule has 0 radical (unpaired) electrons. The lowest BCUT2D eigenvalue weighted by Crippen LogP contribution is -2.56. The van der Waals surface area contributed by atoms with E-state index in [0.29, 0.717) is 32.1 Å². The van der Waals surface area contributed by atoms with Gasteiger partial charge in [0.25, 0.3) is 10.1 Å². The van der Waals surface area contributed by atoms with E-state index in [1.165, 1.54) is 6.92 Å². The van der Waals surface area contributed by atoms with Gasteiger partial charge in [-0.3, -0.25) is 13.8 Å². The molecule has 3 atom stereocenters. The normalized spacial score (nSPS) is 33.8. The topological polar surface area (TPSA) is 86.7 Å². The van der Waals surface area contributed by atoms with E-state index >= 15 is 0 Å². The van der Waals surface area contributed by atoms with E-state index in [0.717, 1.165) is 6.26 Å². The summed E-state index contributed by atoms with van der Waals surface area (Å²) in [5.74, 6) is -0.0810. The molecule has 0 N–H and O–H groups in total. The van der Waals surface area contributed by atoms with E-state index in [4.69, 9.17) is 8.92 Å². The summed E-state index contributed by atoms with van der Waals surface area (Å²) in [5.41, 5.74) is -0.815. The Hall–Kier alpha value is -0.950. The van der Waals surface area contributed by atoms with Gasteiger partial charge in [0.15, 0.2) is 0 Å². The molecule has 132 valence electrons. The number of esters is 1. The standard InChI is InChI=1S/C16H26O6S/c1-11(17)22-14-7-8-16(10-21-23(4,19)20)9-12(18)5-6-13(16)15(14,2)3/h13-14H,5-10H2,1-4H3/t13-,14+,16-/m1/s1. The molecular formula is C16H26O6S. The molecule has 0 heterocycles. The molecule has 0 aromatic rings. The van der Waals surface area contributed by atoms with Crippen molar-refractivity contribution in [1.29, 1.82) is 0 Å². The molecule has 0 aromatic heterocycles. The maximum absolute atomic E-state index is 12.0. The Bertz CT molecular complexity index is 594. The lowest BCUT2D eigenvalue weighted by molar-refractivity contribution is -0.178. The van der Waals surface area contributed by atoms with Crippen LogP contribution in [0.3, 0.4) is 0 Å². The van der Waals surface area contributed by atoms with Crippen molar-refractivity contribution in [2.45, 2.75) is 59.0 Å². The first-order chi connectivity index (χ1) is 10.5. The highest BCUT2D eigenvalue weighted by molar-refractivity contribution is 7.85. The van der Waals surface area contributed by atoms with E-state index in [1.807, 2.05) is 13.8 Å².